The zero-order valence-electron chi connectivity index (χ0n) is 12.9. The van der Waals surface area contributed by atoms with Gasteiger partial charge in [0.2, 0.25) is 0 Å². The van der Waals surface area contributed by atoms with Crippen LogP contribution in [-0.2, 0) is 15.3 Å². The molecule has 23 heavy (non-hydrogen) atoms. The van der Waals surface area contributed by atoms with E-state index in [1.807, 2.05) is 30.3 Å². The molecule has 0 unspecified atom stereocenters. The van der Waals surface area contributed by atoms with Gasteiger partial charge in [0.25, 0.3) is 0 Å². The molecule has 0 spiro atoms. The first-order valence-electron chi connectivity index (χ1n) is 7.47. The minimum atomic E-state index is -1.17. The molecule has 5 heteroatoms. The summed E-state index contributed by atoms with van der Waals surface area (Å²) in [5, 5.41) is 9.46. The van der Waals surface area contributed by atoms with E-state index in [1.165, 1.54) is 0 Å². The van der Waals surface area contributed by atoms with Gasteiger partial charge in [-0.15, -0.1) is 0 Å². The van der Waals surface area contributed by atoms with E-state index in [9.17, 15) is 9.90 Å². The highest BCUT2D eigenvalue weighted by molar-refractivity contribution is 5.72. The second-order valence-electron chi connectivity index (χ2n) is 5.88. The molecule has 1 heterocycles. The number of ether oxygens (including phenoxy) is 2. The first kappa shape index (κ1) is 15.4. The summed E-state index contributed by atoms with van der Waals surface area (Å²) in [6, 6.07) is 14.1. The maximum atomic E-state index is 12.3. The van der Waals surface area contributed by atoms with Gasteiger partial charge in [-0.25, -0.2) is 0 Å². The fourth-order valence-electron chi connectivity index (χ4n) is 2.74. The third-order valence-electron chi connectivity index (χ3n) is 3.96. The Morgan fingerprint density at radius 2 is 2.09 bits per heavy atom. The largest absolute Gasteiger partial charge is 0.508 e. The number of phenolic OH excluding ortho intramolecular Hbond substituents is 1. The van der Waals surface area contributed by atoms with E-state index in [1.54, 1.807) is 25.1 Å². The molecule has 3 N–H and O–H groups in total. The molecule has 2 aromatic rings. The second kappa shape index (κ2) is 5.93. The van der Waals surface area contributed by atoms with E-state index in [0.29, 0.717) is 12.4 Å². The minimum absolute atomic E-state index is 0.0929. The molecule has 0 bridgehead atoms. The quantitative estimate of drug-likeness (QED) is 0.670. The van der Waals surface area contributed by atoms with Gasteiger partial charge >= 0.3 is 5.97 Å². The summed E-state index contributed by atoms with van der Waals surface area (Å²) < 4.78 is 11.0. The van der Waals surface area contributed by atoms with Crippen LogP contribution in [0.25, 0.3) is 0 Å². The summed E-state index contributed by atoms with van der Waals surface area (Å²) in [6.07, 6.45) is 0.178. The highest BCUT2D eigenvalue weighted by Crippen LogP contribution is 2.38. The Bertz CT molecular complexity index is 712. The average molecular weight is 313 g/mol. The average Bonchev–Trinajstić information content (AvgIpc) is 2.89. The highest BCUT2D eigenvalue weighted by atomic mass is 16.6. The van der Waals surface area contributed by atoms with Crippen molar-refractivity contribution in [3.8, 4) is 11.5 Å². The maximum Gasteiger partial charge on any atom is 0.308 e. The first-order chi connectivity index (χ1) is 11.0. The van der Waals surface area contributed by atoms with Gasteiger partial charge in [0.15, 0.2) is 5.72 Å². The van der Waals surface area contributed by atoms with Gasteiger partial charge in [-0.05, 0) is 13.0 Å². The van der Waals surface area contributed by atoms with Gasteiger partial charge in [0.05, 0.1) is 13.0 Å². The van der Waals surface area contributed by atoms with Gasteiger partial charge < -0.3 is 14.6 Å². The zero-order valence-corrected chi connectivity index (χ0v) is 12.9. The van der Waals surface area contributed by atoms with Crippen LogP contribution in [0.4, 0.5) is 0 Å². The van der Waals surface area contributed by atoms with E-state index >= 15 is 0 Å². The second-order valence-corrected chi connectivity index (χ2v) is 5.88. The van der Waals surface area contributed by atoms with Crippen molar-refractivity contribution >= 4 is 5.97 Å². The Morgan fingerprint density at radius 3 is 2.83 bits per heavy atom. The van der Waals surface area contributed by atoms with E-state index in [4.69, 9.17) is 15.2 Å². The fourth-order valence-corrected chi connectivity index (χ4v) is 2.74. The molecule has 3 rings (SSSR count). The van der Waals surface area contributed by atoms with Crippen molar-refractivity contribution < 1.29 is 19.4 Å². The molecule has 0 fully saturated rings. The number of hydrogen-bond donors (Lipinski definition) is 2. The number of hydrogen-bond acceptors (Lipinski definition) is 5. The van der Waals surface area contributed by atoms with Crippen LogP contribution in [0.15, 0.2) is 48.5 Å². The molecule has 0 aliphatic carbocycles. The molecule has 1 aliphatic rings. The molecule has 0 amide bonds. The van der Waals surface area contributed by atoms with Crippen LogP contribution in [-0.4, -0.2) is 17.7 Å². The van der Waals surface area contributed by atoms with Crippen LogP contribution in [0.5, 0.6) is 11.5 Å². The standard InChI is InChI=1S/C18H19NO4/c1-18(19,13-5-3-2-4-6-13)23-17(21)9-12-11-22-16-10-14(20)7-8-15(12)16/h2-8,10,12,20H,9,11,19H2,1H3/t12-,18-/m0/s1. The Balaban J connectivity index is 1.67. The molecule has 0 saturated heterocycles. The lowest BCUT2D eigenvalue weighted by Crippen LogP contribution is -2.38. The van der Waals surface area contributed by atoms with Gasteiger partial charge in [-0.2, -0.15) is 0 Å². The lowest BCUT2D eigenvalue weighted by atomic mass is 9.97. The van der Waals surface area contributed by atoms with Crippen LogP contribution in [0, 0.1) is 0 Å². The van der Waals surface area contributed by atoms with Crippen molar-refractivity contribution in [3.05, 3.63) is 59.7 Å². The summed E-state index contributed by atoms with van der Waals surface area (Å²) in [4.78, 5) is 12.3. The molecule has 2 atom stereocenters. The number of carbonyl (C=O) groups is 1. The van der Waals surface area contributed by atoms with E-state index in [0.717, 1.165) is 11.1 Å². The van der Waals surface area contributed by atoms with Crippen molar-refractivity contribution in [2.45, 2.75) is 25.0 Å². The lowest BCUT2D eigenvalue weighted by molar-refractivity contribution is -0.159. The first-order valence-corrected chi connectivity index (χ1v) is 7.47. The van der Waals surface area contributed by atoms with Gasteiger partial charge in [0, 0.05) is 23.1 Å². The van der Waals surface area contributed by atoms with Crippen molar-refractivity contribution in [2.75, 3.05) is 6.61 Å². The number of fused-ring (bicyclic) bond motifs is 1. The molecule has 5 nitrogen and oxygen atoms in total. The molecular weight excluding hydrogens is 294 g/mol. The number of benzene rings is 2. The van der Waals surface area contributed by atoms with Crippen LogP contribution >= 0.6 is 0 Å². The van der Waals surface area contributed by atoms with Crippen molar-refractivity contribution in [1.29, 1.82) is 0 Å². The number of nitrogens with two attached hydrogens (primary N) is 1. The molecule has 120 valence electrons. The number of phenols is 1. The number of carbonyl (C=O) groups excluding carboxylic acids is 1. The van der Waals surface area contributed by atoms with Crippen molar-refractivity contribution in [3.63, 3.8) is 0 Å². The van der Waals surface area contributed by atoms with Crippen molar-refractivity contribution in [1.82, 2.24) is 0 Å². The molecule has 0 saturated carbocycles. The summed E-state index contributed by atoms with van der Waals surface area (Å²) in [7, 11) is 0. The Hall–Kier alpha value is -2.53. The summed E-state index contributed by atoms with van der Waals surface area (Å²) in [6.45, 7) is 2.05. The number of rotatable bonds is 4. The Kier molecular flexibility index (Phi) is 3.96. The van der Waals surface area contributed by atoms with Crippen LogP contribution < -0.4 is 10.5 Å². The van der Waals surface area contributed by atoms with E-state index in [-0.39, 0.29) is 24.1 Å². The molecule has 1 aliphatic heterocycles. The highest BCUT2D eigenvalue weighted by Gasteiger charge is 2.31. The Morgan fingerprint density at radius 1 is 1.35 bits per heavy atom. The maximum absolute atomic E-state index is 12.3. The SMILES string of the molecule is C[C@](N)(OC(=O)C[C@H]1COc2cc(O)ccc21)c1ccccc1. The predicted molar refractivity (Wildman–Crippen MR) is 85.0 cm³/mol. The van der Waals surface area contributed by atoms with Gasteiger partial charge in [-0.3, -0.25) is 10.5 Å². The summed E-state index contributed by atoms with van der Waals surface area (Å²) in [5.74, 6) is 0.282. The van der Waals surface area contributed by atoms with Gasteiger partial charge in [0.1, 0.15) is 11.5 Å². The fraction of sp³-hybridized carbons (Fsp3) is 0.278. The molecule has 2 aromatic carbocycles. The summed E-state index contributed by atoms with van der Waals surface area (Å²) in [5.41, 5.74) is 6.59. The lowest BCUT2D eigenvalue weighted by Gasteiger charge is -2.26. The van der Waals surface area contributed by atoms with E-state index < -0.39 is 5.72 Å². The molecule has 0 aromatic heterocycles. The minimum Gasteiger partial charge on any atom is -0.508 e. The number of esters is 1. The van der Waals surface area contributed by atoms with Crippen LogP contribution in [0.3, 0.4) is 0 Å². The topological polar surface area (TPSA) is 81.8 Å². The van der Waals surface area contributed by atoms with E-state index in [2.05, 4.69) is 0 Å². The van der Waals surface area contributed by atoms with Crippen LogP contribution in [0.2, 0.25) is 0 Å². The third-order valence-corrected chi connectivity index (χ3v) is 3.96. The third kappa shape index (κ3) is 3.29. The predicted octanol–water partition coefficient (Wildman–Crippen LogP) is 2.63. The normalized spacial score (nSPS) is 18.6. The van der Waals surface area contributed by atoms with Crippen molar-refractivity contribution in [2.24, 2.45) is 5.73 Å². The van der Waals surface area contributed by atoms with Crippen LogP contribution in [0.1, 0.15) is 30.4 Å². The monoisotopic (exact) mass is 313 g/mol. The number of aromatic hydroxyl groups is 1. The molecule has 0 radical (unpaired) electrons. The Labute approximate surface area is 134 Å². The smallest absolute Gasteiger partial charge is 0.308 e. The zero-order chi connectivity index (χ0) is 16.4. The molecular formula is C18H19NO4. The summed E-state index contributed by atoms with van der Waals surface area (Å²) >= 11 is 0. The van der Waals surface area contributed by atoms with Gasteiger partial charge in [-0.1, -0.05) is 36.4 Å².